The molecule has 1 aromatic carbocycles. The van der Waals surface area contributed by atoms with Crippen LogP contribution in [-0.2, 0) is 0 Å². The normalized spacial score (nSPS) is 17.4. The van der Waals surface area contributed by atoms with E-state index in [9.17, 15) is 0 Å². The van der Waals surface area contributed by atoms with Crippen LogP contribution >= 0.6 is 24.0 Å². The molecule has 0 radical (unpaired) electrons. The van der Waals surface area contributed by atoms with Crippen LogP contribution in [-0.4, -0.2) is 11.9 Å². The lowest BCUT2D eigenvalue weighted by Gasteiger charge is -2.19. The smallest absolute Gasteiger partial charge is 0.0810 e. The highest BCUT2D eigenvalue weighted by Crippen LogP contribution is 2.45. The molecule has 0 aliphatic carbocycles. The summed E-state index contributed by atoms with van der Waals surface area (Å²) in [6.07, 6.45) is 2.12. The van der Waals surface area contributed by atoms with E-state index in [2.05, 4.69) is 63.1 Å². The first kappa shape index (κ1) is 12.7. The van der Waals surface area contributed by atoms with Crippen molar-refractivity contribution in [3.8, 4) is 0 Å². The molecule has 1 heterocycles. The van der Waals surface area contributed by atoms with E-state index in [4.69, 9.17) is 12.2 Å². The van der Waals surface area contributed by atoms with E-state index in [1.807, 2.05) is 0 Å². The summed E-state index contributed by atoms with van der Waals surface area (Å²) < 4.78 is 0. The van der Waals surface area contributed by atoms with E-state index in [1.54, 1.807) is 11.8 Å². The van der Waals surface area contributed by atoms with Gasteiger partial charge in [0.25, 0.3) is 0 Å². The van der Waals surface area contributed by atoms with Gasteiger partial charge in [-0.2, -0.15) is 0 Å². The maximum atomic E-state index is 5.48. The second-order valence-corrected chi connectivity index (χ2v) is 6.73. The van der Waals surface area contributed by atoms with Crippen molar-refractivity contribution < 1.29 is 0 Å². The Balaban J connectivity index is 2.29. The number of thioether (sulfide) groups is 1. The Hall–Kier alpha value is -0.800. The molecule has 1 aromatic rings. The monoisotopic (exact) mass is 263 g/mol. The zero-order chi connectivity index (χ0) is 12.6. The number of allylic oxidation sites excluding steroid dienone is 1. The summed E-state index contributed by atoms with van der Waals surface area (Å²) in [4.78, 5) is 4.51. The minimum absolute atomic E-state index is 0.0541. The van der Waals surface area contributed by atoms with E-state index < -0.39 is 0 Å². The number of hydrogen-bond acceptors (Lipinski definition) is 3. The predicted molar refractivity (Wildman–Crippen MR) is 80.8 cm³/mol. The minimum Gasteiger partial charge on any atom is -0.338 e. The molecule has 17 heavy (non-hydrogen) atoms. The van der Waals surface area contributed by atoms with Crippen LogP contribution in [0.5, 0.6) is 0 Å². The maximum Gasteiger partial charge on any atom is 0.0810 e. The summed E-state index contributed by atoms with van der Waals surface area (Å²) >= 11 is 7.26. The molecule has 1 aliphatic rings. The molecular weight excluding hydrogens is 246 g/mol. The molecule has 1 nitrogen and oxygen atoms in total. The number of thiocarbonyl (C=S) groups is 1. The van der Waals surface area contributed by atoms with E-state index in [0.29, 0.717) is 0 Å². The average Bonchev–Trinajstić information content (AvgIpc) is 2.55. The molecule has 0 spiro atoms. The van der Waals surface area contributed by atoms with E-state index in [0.717, 1.165) is 4.86 Å². The Kier molecular flexibility index (Phi) is 3.32. The highest BCUT2D eigenvalue weighted by Gasteiger charge is 2.23. The third kappa shape index (κ3) is 2.55. The number of benzene rings is 1. The first-order valence-electron chi connectivity index (χ1n) is 5.66. The first-order chi connectivity index (χ1) is 7.89. The van der Waals surface area contributed by atoms with Crippen LogP contribution in [0, 0.1) is 5.41 Å². The maximum absolute atomic E-state index is 5.48. The highest BCUT2D eigenvalue weighted by molar-refractivity contribution is 8.03. The van der Waals surface area contributed by atoms with Crippen molar-refractivity contribution >= 4 is 34.5 Å². The van der Waals surface area contributed by atoms with Crippen molar-refractivity contribution in [1.29, 1.82) is 0 Å². The van der Waals surface area contributed by atoms with Crippen LogP contribution in [0.4, 0.5) is 5.69 Å². The lowest BCUT2D eigenvalue weighted by molar-refractivity contribution is 0.603. The molecule has 90 valence electrons. The summed E-state index contributed by atoms with van der Waals surface area (Å²) in [6.45, 7) is 6.46. The lowest BCUT2D eigenvalue weighted by Crippen LogP contribution is -2.18. The fourth-order valence-corrected chi connectivity index (χ4v) is 2.86. The molecule has 1 aliphatic heterocycles. The second kappa shape index (κ2) is 4.46. The van der Waals surface area contributed by atoms with Gasteiger partial charge < -0.3 is 4.90 Å². The van der Waals surface area contributed by atoms with Crippen LogP contribution in [0.2, 0.25) is 0 Å². The van der Waals surface area contributed by atoms with Gasteiger partial charge in [0, 0.05) is 16.8 Å². The van der Waals surface area contributed by atoms with Crippen molar-refractivity contribution in [1.82, 2.24) is 0 Å². The van der Waals surface area contributed by atoms with Gasteiger partial charge in [-0.3, -0.25) is 0 Å². The predicted octanol–water partition coefficient (Wildman–Crippen LogP) is 4.49. The third-order valence-electron chi connectivity index (χ3n) is 2.77. The first-order valence-corrected chi connectivity index (χ1v) is 6.89. The topological polar surface area (TPSA) is 3.24 Å². The molecular formula is C14H17NS2. The quantitative estimate of drug-likeness (QED) is 0.543. The molecule has 0 atom stereocenters. The zero-order valence-electron chi connectivity index (χ0n) is 10.7. The van der Waals surface area contributed by atoms with Gasteiger partial charge in [0.05, 0.1) is 10.7 Å². The van der Waals surface area contributed by atoms with Crippen LogP contribution < -0.4 is 4.90 Å². The largest absolute Gasteiger partial charge is 0.338 e. The van der Waals surface area contributed by atoms with Crippen LogP contribution in [0.3, 0.4) is 0 Å². The molecule has 0 bridgehead atoms. The number of nitrogens with zero attached hydrogens (tertiary/aromatic N) is 1. The average molecular weight is 263 g/mol. The molecule has 0 unspecified atom stereocenters. The Labute approximate surface area is 113 Å². The molecule has 0 fully saturated rings. The SMILES string of the molecule is CN1/C(=C/C(=S)C(C)(C)C)Sc2ccccc21. The van der Waals surface area contributed by atoms with Gasteiger partial charge >= 0.3 is 0 Å². The Morgan fingerprint density at radius 1 is 1.29 bits per heavy atom. The van der Waals surface area contributed by atoms with Crippen LogP contribution in [0.1, 0.15) is 20.8 Å². The van der Waals surface area contributed by atoms with Crippen molar-refractivity contribution in [2.24, 2.45) is 5.41 Å². The molecule has 0 saturated carbocycles. The molecule has 0 N–H and O–H groups in total. The Bertz CT molecular complexity index is 483. The number of hydrogen-bond donors (Lipinski definition) is 0. The van der Waals surface area contributed by atoms with E-state index in [-0.39, 0.29) is 5.41 Å². The van der Waals surface area contributed by atoms with Gasteiger partial charge in [-0.1, -0.05) is 56.9 Å². The van der Waals surface area contributed by atoms with Crippen molar-refractivity contribution in [3.63, 3.8) is 0 Å². The molecule has 2 rings (SSSR count). The Morgan fingerprint density at radius 2 is 1.94 bits per heavy atom. The highest BCUT2D eigenvalue weighted by atomic mass is 32.2. The van der Waals surface area contributed by atoms with Crippen molar-refractivity contribution in [2.75, 3.05) is 11.9 Å². The number of fused-ring (bicyclic) bond motifs is 1. The van der Waals surface area contributed by atoms with Gasteiger partial charge in [0.2, 0.25) is 0 Å². The summed E-state index contributed by atoms with van der Waals surface area (Å²) in [5, 5.41) is 1.21. The lowest BCUT2D eigenvalue weighted by atomic mass is 9.92. The summed E-state index contributed by atoms with van der Waals surface area (Å²) in [7, 11) is 2.09. The van der Waals surface area contributed by atoms with Crippen LogP contribution in [0.25, 0.3) is 0 Å². The van der Waals surface area contributed by atoms with Gasteiger partial charge in [0.15, 0.2) is 0 Å². The summed E-state index contributed by atoms with van der Waals surface area (Å²) in [5.74, 6) is 0. The summed E-state index contributed by atoms with van der Waals surface area (Å²) in [6, 6.07) is 8.44. The second-order valence-electron chi connectivity index (χ2n) is 5.23. The zero-order valence-corrected chi connectivity index (χ0v) is 12.3. The number of rotatable bonds is 1. The van der Waals surface area contributed by atoms with E-state index >= 15 is 0 Å². The number of para-hydroxylation sites is 1. The molecule has 0 aromatic heterocycles. The van der Waals surface area contributed by atoms with Gasteiger partial charge in [-0.15, -0.1) is 0 Å². The van der Waals surface area contributed by atoms with Gasteiger partial charge in [0.1, 0.15) is 0 Å². The fourth-order valence-electron chi connectivity index (χ4n) is 1.58. The van der Waals surface area contributed by atoms with E-state index in [1.165, 1.54) is 15.6 Å². The third-order valence-corrected chi connectivity index (χ3v) is 4.66. The molecule has 0 amide bonds. The number of anilines is 1. The molecule has 0 saturated heterocycles. The fraction of sp³-hybridized carbons (Fsp3) is 0.357. The Morgan fingerprint density at radius 3 is 2.53 bits per heavy atom. The van der Waals surface area contributed by atoms with Gasteiger partial charge in [-0.25, -0.2) is 0 Å². The van der Waals surface area contributed by atoms with Crippen molar-refractivity contribution in [3.05, 3.63) is 35.4 Å². The molecule has 3 heteroatoms. The van der Waals surface area contributed by atoms with Crippen LogP contribution in [0.15, 0.2) is 40.3 Å². The summed E-state index contributed by atoms with van der Waals surface area (Å²) in [5.41, 5.74) is 1.32. The van der Waals surface area contributed by atoms with Gasteiger partial charge in [-0.05, 0) is 23.6 Å². The standard InChI is InChI=1S/C14H17NS2/c1-14(2,3)12(16)9-13-15(4)10-7-5-6-8-11(10)17-13/h5-9H,1-4H3/b13-9-. The van der Waals surface area contributed by atoms with Crippen molar-refractivity contribution in [2.45, 2.75) is 25.7 Å². The minimum atomic E-state index is 0.0541.